The van der Waals surface area contributed by atoms with Crippen LogP contribution in [0.5, 0.6) is 0 Å². The summed E-state index contributed by atoms with van der Waals surface area (Å²) >= 11 is 0. The number of aldehydes is 1. The van der Waals surface area contributed by atoms with E-state index in [-0.39, 0.29) is 17.7 Å². The molecular weight excluding hydrogens is 328 g/mol. The van der Waals surface area contributed by atoms with Gasteiger partial charge in [-0.2, -0.15) is 0 Å². The van der Waals surface area contributed by atoms with Gasteiger partial charge in [0.15, 0.2) is 0 Å². The highest BCUT2D eigenvalue weighted by Gasteiger charge is 2.26. The van der Waals surface area contributed by atoms with Gasteiger partial charge in [0.05, 0.1) is 6.04 Å². The monoisotopic (exact) mass is 352 g/mol. The van der Waals surface area contributed by atoms with Crippen LogP contribution in [0.4, 0.5) is 0 Å². The second-order valence-electron chi connectivity index (χ2n) is 6.50. The Labute approximate surface area is 153 Å². The van der Waals surface area contributed by atoms with Crippen LogP contribution in [-0.2, 0) is 16.0 Å². The maximum atomic E-state index is 12.6. The zero-order chi connectivity index (χ0) is 18.9. The van der Waals surface area contributed by atoms with Gasteiger partial charge in [0.25, 0.3) is 5.91 Å². The van der Waals surface area contributed by atoms with E-state index in [1.54, 1.807) is 24.3 Å². The Bertz CT molecular complexity index is 729. The van der Waals surface area contributed by atoms with Gasteiger partial charge in [0.2, 0.25) is 5.91 Å². The van der Waals surface area contributed by atoms with E-state index in [1.807, 2.05) is 50.2 Å². The van der Waals surface area contributed by atoms with Crippen molar-refractivity contribution in [1.82, 2.24) is 10.6 Å². The predicted octanol–water partition coefficient (Wildman–Crippen LogP) is 2.37. The maximum Gasteiger partial charge on any atom is 0.251 e. The van der Waals surface area contributed by atoms with Crippen molar-refractivity contribution in [3.63, 3.8) is 0 Å². The molecule has 0 bridgehead atoms. The highest BCUT2D eigenvalue weighted by molar-refractivity contribution is 5.97. The van der Waals surface area contributed by atoms with Crippen molar-refractivity contribution in [3.8, 4) is 0 Å². The summed E-state index contributed by atoms with van der Waals surface area (Å²) in [7, 11) is 0. The molecule has 2 N–H and O–H groups in total. The molecule has 5 heteroatoms. The lowest BCUT2D eigenvalue weighted by Crippen LogP contribution is -2.52. The Kier molecular flexibility index (Phi) is 7.09. The summed E-state index contributed by atoms with van der Waals surface area (Å²) in [6.45, 7) is 3.70. The van der Waals surface area contributed by atoms with E-state index in [1.165, 1.54) is 0 Å². The second kappa shape index (κ2) is 9.51. The Morgan fingerprint density at radius 1 is 0.923 bits per heavy atom. The Balaban J connectivity index is 2.02. The first kappa shape index (κ1) is 19.4. The molecule has 136 valence electrons. The lowest BCUT2D eigenvalue weighted by atomic mass is 10.0. The van der Waals surface area contributed by atoms with Crippen LogP contribution in [-0.4, -0.2) is 30.2 Å². The van der Waals surface area contributed by atoms with E-state index < -0.39 is 12.1 Å². The van der Waals surface area contributed by atoms with Crippen LogP contribution in [0.2, 0.25) is 0 Å². The fourth-order valence-corrected chi connectivity index (χ4v) is 2.62. The number of nitrogens with one attached hydrogen (secondary N) is 2. The van der Waals surface area contributed by atoms with Gasteiger partial charge >= 0.3 is 0 Å². The summed E-state index contributed by atoms with van der Waals surface area (Å²) in [5, 5.41) is 5.49. The molecule has 26 heavy (non-hydrogen) atoms. The van der Waals surface area contributed by atoms with E-state index in [9.17, 15) is 14.4 Å². The minimum atomic E-state index is -0.721. The lowest BCUT2D eigenvalue weighted by Gasteiger charge is -2.23. The fraction of sp³-hybridized carbons (Fsp3) is 0.286. The quantitative estimate of drug-likeness (QED) is 0.716. The molecule has 0 radical (unpaired) electrons. The van der Waals surface area contributed by atoms with Gasteiger partial charge in [-0.05, 0) is 30.0 Å². The first-order chi connectivity index (χ1) is 12.5. The highest BCUT2D eigenvalue weighted by atomic mass is 16.2. The molecule has 0 saturated carbocycles. The molecule has 2 atom stereocenters. The topological polar surface area (TPSA) is 75.3 Å². The molecule has 2 amide bonds. The third kappa shape index (κ3) is 5.55. The van der Waals surface area contributed by atoms with Crippen LogP contribution in [0.15, 0.2) is 60.7 Å². The molecule has 0 fully saturated rings. The molecule has 0 heterocycles. The van der Waals surface area contributed by atoms with Crippen molar-refractivity contribution < 1.29 is 14.4 Å². The van der Waals surface area contributed by atoms with E-state index in [0.717, 1.165) is 11.8 Å². The second-order valence-corrected chi connectivity index (χ2v) is 6.50. The Morgan fingerprint density at radius 3 is 2.04 bits per heavy atom. The third-order valence-corrected chi connectivity index (χ3v) is 4.06. The van der Waals surface area contributed by atoms with Crippen LogP contribution in [0.3, 0.4) is 0 Å². The maximum absolute atomic E-state index is 12.6. The van der Waals surface area contributed by atoms with Gasteiger partial charge in [-0.15, -0.1) is 0 Å². The van der Waals surface area contributed by atoms with Crippen molar-refractivity contribution in [1.29, 1.82) is 0 Å². The molecule has 2 unspecified atom stereocenters. The summed E-state index contributed by atoms with van der Waals surface area (Å²) in [6, 6.07) is 16.8. The molecule has 0 aliphatic heterocycles. The zero-order valence-corrected chi connectivity index (χ0v) is 15.0. The first-order valence-electron chi connectivity index (χ1n) is 8.66. The number of amides is 2. The summed E-state index contributed by atoms with van der Waals surface area (Å²) in [5.74, 6) is -0.797. The van der Waals surface area contributed by atoms with Gasteiger partial charge in [0.1, 0.15) is 12.3 Å². The molecule has 5 nitrogen and oxygen atoms in total. The van der Waals surface area contributed by atoms with E-state index in [0.29, 0.717) is 12.0 Å². The molecule has 2 rings (SSSR count). The van der Waals surface area contributed by atoms with E-state index in [2.05, 4.69) is 10.6 Å². The highest BCUT2D eigenvalue weighted by Crippen LogP contribution is 2.07. The third-order valence-electron chi connectivity index (χ3n) is 4.06. The lowest BCUT2D eigenvalue weighted by molar-refractivity contribution is -0.126. The zero-order valence-electron chi connectivity index (χ0n) is 15.0. The molecule has 0 aliphatic carbocycles. The summed E-state index contributed by atoms with van der Waals surface area (Å²) in [4.78, 5) is 36.4. The van der Waals surface area contributed by atoms with Crippen LogP contribution >= 0.6 is 0 Å². The van der Waals surface area contributed by atoms with Crippen molar-refractivity contribution in [3.05, 3.63) is 71.8 Å². The van der Waals surface area contributed by atoms with Crippen LogP contribution in [0.1, 0.15) is 29.8 Å². The molecule has 0 aromatic heterocycles. The normalized spacial score (nSPS) is 12.9. The number of hydrogen-bond donors (Lipinski definition) is 2. The molecule has 0 spiro atoms. The smallest absolute Gasteiger partial charge is 0.251 e. The summed E-state index contributed by atoms with van der Waals surface area (Å²) in [5.41, 5.74) is 1.45. The summed E-state index contributed by atoms with van der Waals surface area (Å²) in [6.07, 6.45) is 1.13. The van der Waals surface area contributed by atoms with Crippen molar-refractivity contribution >= 4 is 18.1 Å². The minimum Gasteiger partial charge on any atom is -0.344 e. The van der Waals surface area contributed by atoms with E-state index in [4.69, 9.17) is 0 Å². The van der Waals surface area contributed by atoms with Gasteiger partial charge in [0, 0.05) is 5.56 Å². The fourth-order valence-electron chi connectivity index (χ4n) is 2.62. The van der Waals surface area contributed by atoms with Gasteiger partial charge in [-0.25, -0.2) is 0 Å². The van der Waals surface area contributed by atoms with Crippen LogP contribution in [0, 0.1) is 5.92 Å². The Hall–Kier alpha value is -2.95. The van der Waals surface area contributed by atoms with Crippen molar-refractivity contribution in [2.75, 3.05) is 0 Å². The van der Waals surface area contributed by atoms with Gasteiger partial charge in [-0.1, -0.05) is 62.4 Å². The number of benzene rings is 2. The van der Waals surface area contributed by atoms with Crippen LogP contribution in [0.25, 0.3) is 0 Å². The standard InChI is InChI=1S/C21H24N2O3/c1-15(2)19(23-20(25)17-11-7-4-8-12-17)21(26)22-18(14-24)13-16-9-5-3-6-10-16/h3-12,14-15,18-19H,13H2,1-2H3,(H,22,26)(H,23,25). The van der Waals surface area contributed by atoms with Gasteiger partial charge < -0.3 is 15.4 Å². The average Bonchev–Trinajstić information content (AvgIpc) is 2.66. The number of carbonyl (C=O) groups is 3. The summed E-state index contributed by atoms with van der Waals surface area (Å²) < 4.78 is 0. The first-order valence-corrected chi connectivity index (χ1v) is 8.66. The van der Waals surface area contributed by atoms with Crippen LogP contribution < -0.4 is 10.6 Å². The Morgan fingerprint density at radius 2 is 1.50 bits per heavy atom. The molecule has 0 saturated heterocycles. The molecular formula is C21H24N2O3. The SMILES string of the molecule is CC(C)C(NC(=O)c1ccccc1)C(=O)NC(C=O)Cc1ccccc1. The van der Waals surface area contributed by atoms with Gasteiger partial charge in [-0.3, -0.25) is 9.59 Å². The predicted molar refractivity (Wildman–Crippen MR) is 101 cm³/mol. The number of hydrogen-bond acceptors (Lipinski definition) is 3. The molecule has 0 aliphatic rings. The molecule has 2 aromatic rings. The van der Waals surface area contributed by atoms with Crippen molar-refractivity contribution in [2.45, 2.75) is 32.4 Å². The largest absolute Gasteiger partial charge is 0.344 e. The number of carbonyl (C=O) groups excluding carboxylic acids is 3. The minimum absolute atomic E-state index is 0.119. The van der Waals surface area contributed by atoms with Crippen molar-refractivity contribution in [2.24, 2.45) is 5.92 Å². The average molecular weight is 352 g/mol. The number of rotatable bonds is 8. The van der Waals surface area contributed by atoms with E-state index >= 15 is 0 Å². The molecule has 2 aromatic carbocycles.